The summed E-state index contributed by atoms with van der Waals surface area (Å²) in [5.74, 6) is -0.0180. The zero-order valence-electron chi connectivity index (χ0n) is 12.7. The number of carbonyl (C=O) groups excluding carboxylic acids is 1. The van der Waals surface area contributed by atoms with E-state index in [1.807, 2.05) is 19.1 Å². The zero-order valence-corrected chi connectivity index (χ0v) is 14.3. The summed E-state index contributed by atoms with van der Waals surface area (Å²) in [4.78, 5) is 16.1. The lowest BCUT2D eigenvalue weighted by atomic mass is 10.0. The molecule has 2 atom stereocenters. The second kappa shape index (κ2) is 5.92. The molecular formula is C14H20N2O4S2. The Morgan fingerprint density at radius 2 is 2.14 bits per heavy atom. The van der Waals surface area contributed by atoms with Gasteiger partial charge in [-0.2, -0.15) is 4.31 Å². The van der Waals surface area contributed by atoms with Crippen LogP contribution >= 0.6 is 11.3 Å². The molecule has 1 aromatic heterocycles. The van der Waals surface area contributed by atoms with Crippen molar-refractivity contribution < 1.29 is 17.9 Å². The molecule has 6 nitrogen and oxygen atoms in total. The van der Waals surface area contributed by atoms with E-state index in [1.165, 1.54) is 21.9 Å². The Morgan fingerprint density at radius 3 is 2.77 bits per heavy atom. The summed E-state index contributed by atoms with van der Waals surface area (Å²) in [7, 11) is -3.29. The standard InChI is InChI=1S/C14H20N2O4S2/c1-10-3-4-13(21-10)14(17)15-6-5-12-11(9-15)16(7-8-20-12)22(2,18)19/h3-4,11-12H,5-9H2,1-2H3/t11-,12-/m0/s1. The number of aryl methyl sites for hydroxylation is 1. The lowest BCUT2D eigenvalue weighted by Gasteiger charge is -2.45. The summed E-state index contributed by atoms with van der Waals surface area (Å²) in [6.07, 6.45) is 1.78. The first-order valence-electron chi connectivity index (χ1n) is 7.30. The molecule has 3 heterocycles. The van der Waals surface area contributed by atoms with Gasteiger partial charge in [0.15, 0.2) is 0 Å². The molecule has 2 saturated heterocycles. The van der Waals surface area contributed by atoms with Crippen LogP contribution in [0.25, 0.3) is 0 Å². The Labute approximate surface area is 134 Å². The predicted octanol–water partition coefficient (Wildman–Crippen LogP) is 0.931. The molecule has 8 heteroatoms. The molecule has 0 bridgehead atoms. The highest BCUT2D eigenvalue weighted by molar-refractivity contribution is 7.88. The van der Waals surface area contributed by atoms with Crippen molar-refractivity contribution in [1.82, 2.24) is 9.21 Å². The van der Waals surface area contributed by atoms with Crippen molar-refractivity contribution in [2.24, 2.45) is 0 Å². The third-order valence-electron chi connectivity index (χ3n) is 4.20. The van der Waals surface area contributed by atoms with Crippen LogP contribution in [0.4, 0.5) is 0 Å². The molecule has 0 radical (unpaired) electrons. The van der Waals surface area contributed by atoms with Crippen LogP contribution in [-0.2, 0) is 14.8 Å². The molecule has 1 amide bonds. The Balaban J connectivity index is 1.79. The summed E-state index contributed by atoms with van der Waals surface area (Å²) in [6, 6.07) is 3.49. The number of fused-ring (bicyclic) bond motifs is 1. The van der Waals surface area contributed by atoms with E-state index in [0.29, 0.717) is 37.5 Å². The molecule has 3 rings (SSSR count). The van der Waals surface area contributed by atoms with Crippen LogP contribution in [0.2, 0.25) is 0 Å². The number of ether oxygens (including phenoxy) is 1. The Bertz CT molecular complexity index is 670. The van der Waals surface area contributed by atoms with Gasteiger partial charge in [-0.15, -0.1) is 11.3 Å². The van der Waals surface area contributed by atoms with Gasteiger partial charge in [0.1, 0.15) is 0 Å². The zero-order chi connectivity index (χ0) is 15.9. The number of morpholine rings is 1. The number of hydrogen-bond acceptors (Lipinski definition) is 5. The number of hydrogen-bond donors (Lipinski definition) is 0. The van der Waals surface area contributed by atoms with Gasteiger partial charge in [-0.3, -0.25) is 4.79 Å². The maximum atomic E-state index is 12.6. The molecular weight excluding hydrogens is 324 g/mol. The number of amides is 1. The average molecular weight is 344 g/mol. The molecule has 0 saturated carbocycles. The van der Waals surface area contributed by atoms with E-state index in [1.54, 1.807) is 4.90 Å². The van der Waals surface area contributed by atoms with Crippen LogP contribution in [-0.4, -0.2) is 68.2 Å². The Hall–Kier alpha value is -0.960. The molecule has 0 aliphatic carbocycles. The smallest absolute Gasteiger partial charge is 0.263 e. The molecule has 2 fully saturated rings. The number of rotatable bonds is 2. The van der Waals surface area contributed by atoms with Gasteiger partial charge in [-0.1, -0.05) is 0 Å². The number of carbonyl (C=O) groups is 1. The van der Waals surface area contributed by atoms with Gasteiger partial charge in [0, 0.05) is 24.5 Å². The molecule has 0 N–H and O–H groups in total. The topological polar surface area (TPSA) is 66.9 Å². The lowest BCUT2D eigenvalue weighted by Crippen LogP contribution is -2.61. The number of nitrogens with zero attached hydrogens (tertiary/aromatic N) is 2. The van der Waals surface area contributed by atoms with Crippen molar-refractivity contribution in [3.8, 4) is 0 Å². The molecule has 2 aliphatic heterocycles. The van der Waals surface area contributed by atoms with Crippen LogP contribution in [0.1, 0.15) is 21.0 Å². The Morgan fingerprint density at radius 1 is 1.36 bits per heavy atom. The van der Waals surface area contributed by atoms with Gasteiger partial charge >= 0.3 is 0 Å². The normalized spacial score (nSPS) is 26.7. The molecule has 0 aromatic carbocycles. The summed E-state index contributed by atoms with van der Waals surface area (Å²) in [6.45, 7) is 3.75. The molecule has 1 aromatic rings. The average Bonchev–Trinajstić information content (AvgIpc) is 2.91. The first kappa shape index (κ1) is 15.9. The van der Waals surface area contributed by atoms with Gasteiger partial charge in [-0.05, 0) is 25.5 Å². The molecule has 0 unspecified atom stereocenters. The second-order valence-electron chi connectivity index (χ2n) is 5.80. The van der Waals surface area contributed by atoms with E-state index in [-0.39, 0.29) is 18.1 Å². The maximum Gasteiger partial charge on any atom is 0.263 e. The van der Waals surface area contributed by atoms with Crippen LogP contribution in [0.15, 0.2) is 12.1 Å². The fourth-order valence-corrected chi connectivity index (χ4v) is 5.08. The molecule has 0 spiro atoms. The van der Waals surface area contributed by atoms with E-state index < -0.39 is 10.0 Å². The minimum absolute atomic E-state index is 0.0180. The van der Waals surface area contributed by atoms with Crippen molar-refractivity contribution in [2.75, 3.05) is 32.5 Å². The van der Waals surface area contributed by atoms with Crippen molar-refractivity contribution in [1.29, 1.82) is 0 Å². The van der Waals surface area contributed by atoms with Crippen molar-refractivity contribution in [3.63, 3.8) is 0 Å². The van der Waals surface area contributed by atoms with Crippen LogP contribution in [0.3, 0.4) is 0 Å². The van der Waals surface area contributed by atoms with Crippen LogP contribution < -0.4 is 0 Å². The van der Waals surface area contributed by atoms with Gasteiger partial charge in [0.25, 0.3) is 5.91 Å². The fraction of sp³-hybridized carbons (Fsp3) is 0.643. The third kappa shape index (κ3) is 3.05. The van der Waals surface area contributed by atoms with E-state index in [0.717, 1.165) is 4.88 Å². The first-order chi connectivity index (χ1) is 10.4. The summed E-state index contributed by atoms with van der Waals surface area (Å²) in [5, 5.41) is 0. The minimum Gasteiger partial charge on any atom is -0.375 e. The van der Waals surface area contributed by atoms with Gasteiger partial charge in [-0.25, -0.2) is 8.42 Å². The predicted molar refractivity (Wildman–Crippen MR) is 84.7 cm³/mol. The minimum atomic E-state index is -3.29. The summed E-state index contributed by atoms with van der Waals surface area (Å²) >= 11 is 1.47. The molecule has 2 aliphatic rings. The quantitative estimate of drug-likeness (QED) is 0.800. The fourth-order valence-electron chi connectivity index (χ4n) is 3.14. The SMILES string of the molecule is Cc1ccc(C(=O)N2CC[C@@H]3OCCN(S(C)(=O)=O)[C@H]3C2)s1. The highest BCUT2D eigenvalue weighted by atomic mass is 32.2. The number of piperidine rings is 1. The van der Waals surface area contributed by atoms with Crippen molar-refractivity contribution in [2.45, 2.75) is 25.5 Å². The summed E-state index contributed by atoms with van der Waals surface area (Å²) < 4.78 is 31.1. The lowest BCUT2D eigenvalue weighted by molar-refractivity contribution is -0.0703. The van der Waals surface area contributed by atoms with E-state index in [2.05, 4.69) is 0 Å². The van der Waals surface area contributed by atoms with Crippen molar-refractivity contribution >= 4 is 27.3 Å². The van der Waals surface area contributed by atoms with E-state index in [9.17, 15) is 13.2 Å². The summed E-state index contributed by atoms with van der Waals surface area (Å²) in [5.41, 5.74) is 0. The third-order valence-corrected chi connectivity index (χ3v) is 6.49. The van der Waals surface area contributed by atoms with Crippen LogP contribution in [0.5, 0.6) is 0 Å². The monoisotopic (exact) mass is 344 g/mol. The van der Waals surface area contributed by atoms with E-state index >= 15 is 0 Å². The van der Waals surface area contributed by atoms with Crippen LogP contribution in [0, 0.1) is 6.92 Å². The number of thiophene rings is 1. The highest BCUT2D eigenvalue weighted by Gasteiger charge is 2.42. The Kier molecular flexibility index (Phi) is 4.28. The van der Waals surface area contributed by atoms with E-state index in [4.69, 9.17) is 4.74 Å². The number of likely N-dealkylation sites (tertiary alicyclic amines) is 1. The highest BCUT2D eigenvalue weighted by Crippen LogP contribution is 2.27. The second-order valence-corrected chi connectivity index (χ2v) is 9.02. The first-order valence-corrected chi connectivity index (χ1v) is 9.97. The van der Waals surface area contributed by atoms with Gasteiger partial charge in [0.05, 0.1) is 29.9 Å². The van der Waals surface area contributed by atoms with Gasteiger partial charge in [0.2, 0.25) is 10.0 Å². The number of sulfonamides is 1. The van der Waals surface area contributed by atoms with Crippen molar-refractivity contribution in [3.05, 3.63) is 21.9 Å². The van der Waals surface area contributed by atoms with Gasteiger partial charge < -0.3 is 9.64 Å². The largest absolute Gasteiger partial charge is 0.375 e. The molecule has 122 valence electrons. The maximum absolute atomic E-state index is 12.6. The molecule has 22 heavy (non-hydrogen) atoms.